The highest BCUT2D eigenvalue weighted by molar-refractivity contribution is 5.21. The normalized spacial score (nSPS) is 33.0. The molecular weight excluding hydrogens is 324 g/mol. The SMILES string of the molecule is CCOCC1(C2OCCOO/C=C\2OC)OCCOO/C=C/1OC. The van der Waals surface area contributed by atoms with Crippen LogP contribution < -0.4 is 0 Å². The zero-order chi connectivity index (χ0) is 17.3. The summed E-state index contributed by atoms with van der Waals surface area (Å²) in [5, 5.41) is 0. The van der Waals surface area contributed by atoms with Crippen molar-refractivity contribution in [3.8, 4) is 0 Å². The van der Waals surface area contributed by atoms with Crippen LogP contribution in [0.5, 0.6) is 0 Å². The smallest absolute Gasteiger partial charge is 0.185 e. The Balaban J connectivity index is 2.45. The summed E-state index contributed by atoms with van der Waals surface area (Å²) in [6, 6.07) is 0. The molecule has 2 heterocycles. The molecule has 0 fully saturated rings. The predicted molar refractivity (Wildman–Crippen MR) is 79.2 cm³/mol. The lowest BCUT2D eigenvalue weighted by Gasteiger charge is -2.41. The van der Waals surface area contributed by atoms with Crippen LogP contribution in [0.15, 0.2) is 24.0 Å². The van der Waals surface area contributed by atoms with E-state index in [1.54, 1.807) is 0 Å². The number of ether oxygens (including phenoxy) is 5. The topological polar surface area (TPSA) is 83.1 Å². The second kappa shape index (κ2) is 9.70. The van der Waals surface area contributed by atoms with E-state index in [2.05, 4.69) is 0 Å². The highest BCUT2D eigenvalue weighted by Crippen LogP contribution is 2.35. The fourth-order valence-electron chi connectivity index (χ4n) is 2.42. The molecule has 0 bridgehead atoms. The van der Waals surface area contributed by atoms with Gasteiger partial charge in [0.1, 0.15) is 13.2 Å². The third kappa shape index (κ3) is 4.31. The van der Waals surface area contributed by atoms with E-state index in [9.17, 15) is 0 Å². The monoisotopic (exact) mass is 348 g/mol. The Bertz CT molecular complexity index is 437. The summed E-state index contributed by atoms with van der Waals surface area (Å²) < 4.78 is 28.5. The van der Waals surface area contributed by atoms with Gasteiger partial charge in [-0.05, 0) is 6.92 Å². The molecule has 9 nitrogen and oxygen atoms in total. The van der Waals surface area contributed by atoms with Crippen LogP contribution in [0.1, 0.15) is 6.92 Å². The molecule has 0 amide bonds. The molecule has 2 atom stereocenters. The van der Waals surface area contributed by atoms with Gasteiger partial charge in [-0.1, -0.05) is 0 Å². The zero-order valence-electron chi connectivity index (χ0n) is 14.1. The van der Waals surface area contributed by atoms with Crippen molar-refractivity contribution in [1.29, 1.82) is 0 Å². The van der Waals surface area contributed by atoms with Gasteiger partial charge in [0.25, 0.3) is 0 Å². The largest absolute Gasteiger partial charge is 0.495 e. The second-order valence-corrected chi connectivity index (χ2v) is 4.87. The van der Waals surface area contributed by atoms with Crippen molar-refractivity contribution in [1.82, 2.24) is 0 Å². The van der Waals surface area contributed by atoms with Crippen LogP contribution in [0.4, 0.5) is 0 Å². The second-order valence-electron chi connectivity index (χ2n) is 4.87. The van der Waals surface area contributed by atoms with E-state index in [1.165, 1.54) is 26.7 Å². The third-order valence-corrected chi connectivity index (χ3v) is 3.51. The molecule has 0 radical (unpaired) electrons. The molecule has 0 saturated carbocycles. The Hall–Kier alpha value is -1.52. The highest BCUT2D eigenvalue weighted by Gasteiger charge is 2.50. The van der Waals surface area contributed by atoms with E-state index in [0.717, 1.165) is 0 Å². The van der Waals surface area contributed by atoms with Gasteiger partial charge in [-0.3, -0.25) is 0 Å². The van der Waals surface area contributed by atoms with Gasteiger partial charge in [-0.2, -0.15) is 9.78 Å². The fraction of sp³-hybridized carbons (Fsp3) is 0.733. The molecule has 24 heavy (non-hydrogen) atoms. The van der Waals surface area contributed by atoms with Gasteiger partial charge < -0.3 is 33.5 Å². The molecule has 2 aliphatic rings. The Morgan fingerprint density at radius 2 is 1.79 bits per heavy atom. The number of rotatable bonds is 6. The van der Waals surface area contributed by atoms with Gasteiger partial charge in [0.15, 0.2) is 35.7 Å². The Labute approximate surface area is 140 Å². The molecule has 0 aromatic rings. The molecule has 2 rings (SSSR count). The van der Waals surface area contributed by atoms with Crippen LogP contribution in [-0.4, -0.2) is 65.6 Å². The maximum atomic E-state index is 6.08. The Kier molecular flexibility index (Phi) is 7.60. The zero-order valence-corrected chi connectivity index (χ0v) is 14.1. The molecule has 0 saturated heterocycles. The summed E-state index contributed by atoms with van der Waals surface area (Å²) in [6.45, 7) is 3.50. The van der Waals surface area contributed by atoms with E-state index in [4.69, 9.17) is 43.2 Å². The van der Waals surface area contributed by atoms with Crippen molar-refractivity contribution in [2.45, 2.75) is 18.6 Å². The summed E-state index contributed by atoms with van der Waals surface area (Å²) in [5.41, 5.74) is -1.14. The quantitative estimate of drug-likeness (QED) is 0.654. The Morgan fingerprint density at radius 1 is 1.04 bits per heavy atom. The van der Waals surface area contributed by atoms with Crippen molar-refractivity contribution in [2.24, 2.45) is 0 Å². The maximum Gasteiger partial charge on any atom is 0.185 e. The predicted octanol–water partition coefficient (Wildman–Crippen LogP) is 1.06. The molecule has 2 aliphatic heterocycles. The number of hydrogen-bond donors (Lipinski definition) is 0. The van der Waals surface area contributed by atoms with Gasteiger partial charge in [0.2, 0.25) is 0 Å². The van der Waals surface area contributed by atoms with Crippen molar-refractivity contribution < 1.29 is 43.2 Å². The minimum Gasteiger partial charge on any atom is -0.495 e. The van der Waals surface area contributed by atoms with Gasteiger partial charge in [-0.25, -0.2) is 0 Å². The average Bonchev–Trinajstić information content (AvgIpc) is 2.55. The van der Waals surface area contributed by atoms with Crippen molar-refractivity contribution in [3.05, 3.63) is 24.0 Å². The molecular formula is C15H24O9. The maximum absolute atomic E-state index is 6.08. The first-order valence-corrected chi connectivity index (χ1v) is 7.67. The van der Waals surface area contributed by atoms with Crippen molar-refractivity contribution in [3.63, 3.8) is 0 Å². The van der Waals surface area contributed by atoms with Crippen molar-refractivity contribution in [2.75, 3.05) is 53.9 Å². The molecule has 0 aromatic carbocycles. The Morgan fingerprint density at radius 3 is 2.50 bits per heavy atom. The van der Waals surface area contributed by atoms with Crippen LogP contribution >= 0.6 is 0 Å². The lowest BCUT2D eigenvalue weighted by molar-refractivity contribution is -0.291. The molecule has 9 heteroatoms. The fourth-order valence-corrected chi connectivity index (χ4v) is 2.42. The summed E-state index contributed by atoms with van der Waals surface area (Å²) in [6.07, 6.45) is 1.95. The summed E-state index contributed by atoms with van der Waals surface area (Å²) in [5.74, 6) is 0.698. The third-order valence-electron chi connectivity index (χ3n) is 3.51. The standard InChI is InChI=1S/C15H24O9/c1-4-18-11-15(13(17-3)10-24-22-8-6-20-15)14-12(16-2)9-23-21-7-5-19-14/h9-10,14H,4-8,11H2,1-3H3/b12-9+,13-10-. The first-order chi connectivity index (χ1) is 11.8. The van der Waals surface area contributed by atoms with Crippen LogP contribution in [0.3, 0.4) is 0 Å². The minimum absolute atomic E-state index is 0.152. The molecule has 0 aromatic heterocycles. The van der Waals surface area contributed by atoms with Crippen LogP contribution in [0.25, 0.3) is 0 Å². The average molecular weight is 348 g/mol. The van der Waals surface area contributed by atoms with E-state index in [1.807, 2.05) is 6.92 Å². The molecule has 2 unspecified atom stereocenters. The van der Waals surface area contributed by atoms with E-state index in [0.29, 0.717) is 18.1 Å². The number of methoxy groups -OCH3 is 2. The van der Waals surface area contributed by atoms with E-state index in [-0.39, 0.29) is 33.0 Å². The summed E-state index contributed by atoms with van der Waals surface area (Å²) in [7, 11) is 3.00. The van der Waals surface area contributed by atoms with E-state index >= 15 is 0 Å². The van der Waals surface area contributed by atoms with Gasteiger partial charge in [-0.15, -0.1) is 0 Å². The lowest BCUT2D eigenvalue weighted by atomic mass is 9.92. The number of hydrogen-bond acceptors (Lipinski definition) is 9. The lowest BCUT2D eigenvalue weighted by Crippen LogP contribution is -2.55. The molecule has 0 aliphatic carbocycles. The van der Waals surface area contributed by atoms with Gasteiger partial charge in [0, 0.05) is 6.61 Å². The molecule has 138 valence electrons. The highest BCUT2D eigenvalue weighted by atomic mass is 17.2. The molecule has 0 spiro atoms. The van der Waals surface area contributed by atoms with Crippen LogP contribution in [-0.2, 0) is 43.2 Å². The van der Waals surface area contributed by atoms with Crippen molar-refractivity contribution >= 4 is 0 Å². The minimum atomic E-state index is -1.14. The van der Waals surface area contributed by atoms with Crippen LogP contribution in [0, 0.1) is 0 Å². The van der Waals surface area contributed by atoms with E-state index < -0.39 is 11.7 Å². The first-order valence-electron chi connectivity index (χ1n) is 7.67. The van der Waals surface area contributed by atoms with Gasteiger partial charge in [0.05, 0.1) is 34.0 Å². The van der Waals surface area contributed by atoms with Gasteiger partial charge >= 0.3 is 0 Å². The summed E-state index contributed by atoms with van der Waals surface area (Å²) in [4.78, 5) is 19.9. The molecule has 0 N–H and O–H groups in total. The summed E-state index contributed by atoms with van der Waals surface area (Å²) >= 11 is 0. The van der Waals surface area contributed by atoms with Crippen LogP contribution in [0.2, 0.25) is 0 Å². The first kappa shape index (κ1) is 18.8.